The molecule has 3 N–H and O–H groups in total. The summed E-state index contributed by atoms with van der Waals surface area (Å²) in [5.74, 6) is 0.0384. The third-order valence-corrected chi connectivity index (χ3v) is 4.19. The Morgan fingerprint density at radius 1 is 1.17 bits per heavy atom. The third-order valence-electron chi connectivity index (χ3n) is 4.19. The minimum atomic E-state index is -0.394. The van der Waals surface area contributed by atoms with Gasteiger partial charge in [0, 0.05) is 12.1 Å². The number of carbonyl (C=O) groups is 2. The Balaban J connectivity index is 1.85. The van der Waals surface area contributed by atoms with E-state index in [4.69, 9.17) is 0 Å². The smallest absolute Gasteiger partial charge is 0.321 e. The van der Waals surface area contributed by atoms with Crippen LogP contribution >= 0.6 is 0 Å². The Morgan fingerprint density at radius 3 is 2.38 bits per heavy atom. The number of hydrogen-bond donors (Lipinski definition) is 3. The first-order chi connectivity index (χ1) is 11.5. The lowest BCUT2D eigenvalue weighted by Gasteiger charge is -2.23. The van der Waals surface area contributed by atoms with Crippen LogP contribution in [-0.2, 0) is 11.2 Å². The molecule has 1 saturated carbocycles. The summed E-state index contributed by atoms with van der Waals surface area (Å²) in [6.07, 6.45) is 4.22. The monoisotopic (exact) mass is 331 g/mol. The topological polar surface area (TPSA) is 70.2 Å². The molecule has 0 radical (unpaired) electrons. The lowest BCUT2D eigenvalue weighted by atomic mass is 9.94. The molecular formula is C19H29N3O2. The summed E-state index contributed by atoms with van der Waals surface area (Å²) >= 11 is 0. The summed E-state index contributed by atoms with van der Waals surface area (Å²) in [6.45, 7) is 6.53. The second-order valence-electron chi connectivity index (χ2n) is 6.89. The Labute approximate surface area is 144 Å². The summed E-state index contributed by atoms with van der Waals surface area (Å²) in [4.78, 5) is 23.5. The van der Waals surface area contributed by atoms with Gasteiger partial charge in [-0.15, -0.1) is 0 Å². The first kappa shape index (κ1) is 18.5. The molecule has 1 aliphatic rings. The van der Waals surface area contributed by atoms with E-state index in [0.29, 0.717) is 5.92 Å². The molecule has 1 aromatic rings. The third kappa shape index (κ3) is 5.96. The van der Waals surface area contributed by atoms with Crippen molar-refractivity contribution in [3.05, 3.63) is 35.4 Å². The van der Waals surface area contributed by atoms with Crippen molar-refractivity contribution >= 4 is 11.9 Å². The number of benzene rings is 1. The van der Waals surface area contributed by atoms with E-state index in [0.717, 1.165) is 25.7 Å². The van der Waals surface area contributed by atoms with Crippen molar-refractivity contribution in [2.45, 2.75) is 58.5 Å². The highest BCUT2D eigenvalue weighted by atomic mass is 16.2. The minimum absolute atomic E-state index is 0.0814. The Kier molecular flexibility index (Phi) is 6.79. The molecule has 1 atom stereocenters. The maximum atomic E-state index is 11.9. The van der Waals surface area contributed by atoms with Crippen molar-refractivity contribution in [1.82, 2.24) is 16.0 Å². The van der Waals surface area contributed by atoms with Gasteiger partial charge >= 0.3 is 6.03 Å². The van der Waals surface area contributed by atoms with Crippen LogP contribution in [-0.4, -0.2) is 24.5 Å². The number of imide groups is 1. The molecule has 0 aliphatic heterocycles. The van der Waals surface area contributed by atoms with Crippen LogP contribution in [0, 0.1) is 5.92 Å². The van der Waals surface area contributed by atoms with Crippen LogP contribution in [0.4, 0.5) is 4.79 Å². The fourth-order valence-corrected chi connectivity index (χ4v) is 2.74. The highest BCUT2D eigenvalue weighted by Gasteiger charge is 2.24. The molecule has 24 heavy (non-hydrogen) atoms. The fraction of sp³-hybridized carbons (Fsp3) is 0.579. The molecule has 0 spiro atoms. The number of carbonyl (C=O) groups excluding carboxylic acids is 2. The molecule has 2 rings (SSSR count). The van der Waals surface area contributed by atoms with E-state index in [9.17, 15) is 9.59 Å². The number of nitrogens with one attached hydrogen (secondary N) is 3. The molecule has 0 unspecified atom stereocenters. The van der Waals surface area contributed by atoms with Crippen LogP contribution in [0.5, 0.6) is 0 Å². The number of aryl methyl sites for hydroxylation is 1. The van der Waals surface area contributed by atoms with Crippen LogP contribution in [0.15, 0.2) is 24.3 Å². The van der Waals surface area contributed by atoms with Gasteiger partial charge in [-0.25, -0.2) is 4.79 Å². The van der Waals surface area contributed by atoms with E-state index in [1.165, 1.54) is 11.1 Å². The predicted octanol–water partition coefficient (Wildman–Crippen LogP) is 2.91. The van der Waals surface area contributed by atoms with Gasteiger partial charge in [0.25, 0.3) is 0 Å². The molecular weight excluding hydrogens is 302 g/mol. The first-order valence-corrected chi connectivity index (χ1v) is 8.92. The van der Waals surface area contributed by atoms with Gasteiger partial charge in [-0.05, 0) is 36.3 Å². The van der Waals surface area contributed by atoms with E-state index in [1.807, 2.05) is 0 Å². The number of hydrogen-bond acceptors (Lipinski definition) is 3. The highest BCUT2D eigenvalue weighted by Crippen LogP contribution is 2.22. The summed E-state index contributed by atoms with van der Waals surface area (Å²) in [5.41, 5.74) is 2.50. The lowest BCUT2D eigenvalue weighted by Crippen LogP contribution is -2.45. The van der Waals surface area contributed by atoms with Gasteiger partial charge < -0.3 is 10.6 Å². The molecule has 1 fully saturated rings. The van der Waals surface area contributed by atoms with Crippen molar-refractivity contribution < 1.29 is 9.59 Å². The summed E-state index contributed by atoms with van der Waals surface area (Å²) in [6, 6.07) is 8.49. The minimum Gasteiger partial charge on any atom is -0.335 e. The fourth-order valence-electron chi connectivity index (χ4n) is 2.74. The number of amides is 3. The van der Waals surface area contributed by atoms with E-state index in [2.05, 4.69) is 61.0 Å². The number of urea groups is 1. The molecule has 0 saturated heterocycles. The predicted molar refractivity (Wildman–Crippen MR) is 95.7 cm³/mol. The van der Waals surface area contributed by atoms with Crippen LogP contribution in [0.25, 0.3) is 0 Å². The summed E-state index contributed by atoms with van der Waals surface area (Å²) in [7, 11) is 0. The quantitative estimate of drug-likeness (QED) is 0.686. The standard InChI is InChI=1S/C19H29N3O2/c1-4-5-14-6-8-15(9-7-14)18(13(2)3)20-12-17(23)22-19(24)21-16-10-11-16/h6-9,13,16,18,20H,4-5,10-12H2,1-3H3,(H2,21,22,23,24)/t18-/m0/s1. The first-order valence-electron chi connectivity index (χ1n) is 8.92. The Hall–Kier alpha value is -1.88. The zero-order valence-electron chi connectivity index (χ0n) is 14.9. The molecule has 1 aliphatic carbocycles. The van der Waals surface area contributed by atoms with Crippen molar-refractivity contribution in [3.63, 3.8) is 0 Å². The van der Waals surface area contributed by atoms with Gasteiger partial charge in [-0.1, -0.05) is 51.5 Å². The van der Waals surface area contributed by atoms with E-state index in [-0.39, 0.29) is 24.5 Å². The summed E-state index contributed by atoms with van der Waals surface area (Å²) in [5, 5.41) is 8.39. The Bertz CT molecular complexity index is 550. The summed E-state index contributed by atoms with van der Waals surface area (Å²) < 4.78 is 0. The molecule has 1 aromatic carbocycles. The van der Waals surface area contributed by atoms with Gasteiger partial charge in [-0.3, -0.25) is 10.1 Å². The van der Waals surface area contributed by atoms with E-state index < -0.39 is 6.03 Å². The van der Waals surface area contributed by atoms with Crippen molar-refractivity contribution in [3.8, 4) is 0 Å². The zero-order valence-corrected chi connectivity index (χ0v) is 14.9. The lowest BCUT2D eigenvalue weighted by molar-refractivity contribution is -0.119. The molecule has 5 nitrogen and oxygen atoms in total. The normalized spacial score (nSPS) is 15.2. The highest BCUT2D eigenvalue weighted by molar-refractivity contribution is 5.95. The molecule has 0 heterocycles. The maximum Gasteiger partial charge on any atom is 0.321 e. The van der Waals surface area contributed by atoms with Crippen LogP contribution in [0.2, 0.25) is 0 Å². The average Bonchev–Trinajstić information content (AvgIpc) is 3.32. The molecule has 0 aromatic heterocycles. The van der Waals surface area contributed by atoms with Gasteiger partial charge in [0.1, 0.15) is 0 Å². The largest absolute Gasteiger partial charge is 0.335 e. The molecule has 3 amide bonds. The van der Waals surface area contributed by atoms with Gasteiger partial charge in [0.15, 0.2) is 0 Å². The zero-order chi connectivity index (χ0) is 17.5. The van der Waals surface area contributed by atoms with E-state index >= 15 is 0 Å². The van der Waals surface area contributed by atoms with Crippen molar-refractivity contribution in [2.24, 2.45) is 5.92 Å². The Morgan fingerprint density at radius 2 is 1.83 bits per heavy atom. The van der Waals surface area contributed by atoms with Gasteiger partial charge in [0.05, 0.1) is 6.54 Å². The van der Waals surface area contributed by atoms with Crippen LogP contribution < -0.4 is 16.0 Å². The van der Waals surface area contributed by atoms with Gasteiger partial charge in [0.2, 0.25) is 5.91 Å². The van der Waals surface area contributed by atoms with Crippen LogP contribution in [0.1, 0.15) is 57.2 Å². The molecule has 5 heteroatoms. The maximum absolute atomic E-state index is 11.9. The SMILES string of the molecule is CCCc1ccc([C@@H](NCC(=O)NC(=O)NC2CC2)C(C)C)cc1. The average molecular weight is 331 g/mol. The van der Waals surface area contributed by atoms with Crippen molar-refractivity contribution in [2.75, 3.05) is 6.54 Å². The second-order valence-corrected chi connectivity index (χ2v) is 6.89. The molecule has 0 bridgehead atoms. The van der Waals surface area contributed by atoms with E-state index in [1.54, 1.807) is 0 Å². The second kappa shape index (κ2) is 8.83. The van der Waals surface area contributed by atoms with Crippen LogP contribution in [0.3, 0.4) is 0 Å². The van der Waals surface area contributed by atoms with Gasteiger partial charge in [-0.2, -0.15) is 0 Å². The number of rotatable bonds is 8. The van der Waals surface area contributed by atoms with Crippen molar-refractivity contribution in [1.29, 1.82) is 0 Å². The molecule has 132 valence electrons.